The molecule has 1 rings (SSSR count). The first kappa shape index (κ1) is 32.2. The number of carboxylic acid groups (broad SMARTS) is 1. The van der Waals surface area contributed by atoms with Gasteiger partial charge in [0.2, 0.25) is 23.6 Å². The molecule has 0 radical (unpaired) electrons. The number of rotatable bonds is 15. The number of aliphatic hydroxyl groups excluding tert-OH is 1. The number of benzene rings is 1. The van der Waals surface area contributed by atoms with Gasteiger partial charge in [0.15, 0.2) is 0 Å². The highest BCUT2D eigenvalue weighted by Gasteiger charge is 2.32. The van der Waals surface area contributed by atoms with Crippen LogP contribution in [0.2, 0.25) is 0 Å². The third kappa shape index (κ3) is 10.6. The molecular weight excluding hydrogens is 498 g/mol. The van der Waals surface area contributed by atoms with Gasteiger partial charge in [-0.25, -0.2) is 0 Å². The maximum Gasteiger partial charge on any atom is 0.305 e. The highest BCUT2D eigenvalue weighted by atomic mass is 16.4. The zero-order valence-electron chi connectivity index (χ0n) is 21.8. The molecule has 0 aliphatic heterocycles. The van der Waals surface area contributed by atoms with Crippen LogP contribution in [0.5, 0.6) is 0 Å². The van der Waals surface area contributed by atoms with E-state index >= 15 is 0 Å². The summed E-state index contributed by atoms with van der Waals surface area (Å²) in [5, 5.41) is 28.3. The van der Waals surface area contributed by atoms with E-state index in [1.807, 2.05) is 0 Å². The molecule has 13 heteroatoms. The smallest absolute Gasteiger partial charge is 0.305 e. The molecule has 1 aromatic carbocycles. The van der Waals surface area contributed by atoms with Crippen LogP contribution in [-0.4, -0.2) is 82.4 Å². The minimum absolute atomic E-state index is 0.0660. The van der Waals surface area contributed by atoms with Gasteiger partial charge in [-0.3, -0.25) is 24.0 Å². The summed E-state index contributed by atoms with van der Waals surface area (Å²) in [5.41, 5.74) is 6.22. The number of aliphatic carboxylic acids is 1. The highest BCUT2D eigenvalue weighted by Crippen LogP contribution is 2.08. The Labute approximate surface area is 220 Å². The van der Waals surface area contributed by atoms with Crippen molar-refractivity contribution in [2.75, 3.05) is 0 Å². The van der Waals surface area contributed by atoms with E-state index in [2.05, 4.69) is 21.3 Å². The molecule has 0 spiro atoms. The first-order valence-electron chi connectivity index (χ1n) is 12.1. The number of aldehydes is 1. The first-order chi connectivity index (χ1) is 17.8. The van der Waals surface area contributed by atoms with E-state index in [-0.39, 0.29) is 6.42 Å². The van der Waals surface area contributed by atoms with Gasteiger partial charge in [0.05, 0.1) is 18.6 Å². The van der Waals surface area contributed by atoms with Gasteiger partial charge in [-0.05, 0) is 25.3 Å². The largest absolute Gasteiger partial charge is 0.481 e. The van der Waals surface area contributed by atoms with Gasteiger partial charge >= 0.3 is 5.97 Å². The van der Waals surface area contributed by atoms with Crippen molar-refractivity contribution in [3.63, 3.8) is 0 Å². The number of hydrogen-bond donors (Lipinski definition) is 7. The lowest BCUT2D eigenvalue weighted by Crippen LogP contribution is -2.59. The van der Waals surface area contributed by atoms with Gasteiger partial charge in [-0.15, -0.1) is 0 Å². The number of carbonyl (C=O) groups excluding carboxylic acids is 5. The van der Waals surface area contributed by atoms with Crippen LogP contribution in [0.3, 0.4) is 0 Å². The van der Waals surface area contributed by atoms with Gasteiger partial charge in [0.25, 0.3) is 0 Å². The average molecular weight is 536 g/mol. The lowest BCUT2D eigenvalue weighted by molar-refractivity contribution is -0.139. The number of aliphatic hydroxyl groups is 1. The van der Waals surface area contributed by atoms with Gasteiger partial charge in [0.1, 0.15) is 30.5 Å². The quantitative estimate of drug-likeness (QED) is 0.126. The third-order valence-electron chi connectivity index (χ3n) is 5.62. The second kappa shape index (κ2) is 15.4. The maximum atomic E-state index is 13.2. The molecule has 0 unspecified atom stereocenters. The van der Waals surface area contributed by atoms with Crippen molar-refractivity contribution in [1.82, 2.24) is 21.3 Å². The molecule has 0 heterocycles. The Bertz CT molecular complexity index is 985. The standard InChI is InChI=1S/C25H37N5O8/c1-13(2)21(30-22(35)14(3)27-23(36)17(26)11-20(33)34)25(38)28-18(10-16-8-6-5-7-9-16)24(37)29-19(12-31)15(4)32/h5-9,12-15,17-19,21,32H,10-11,26H2,1-4H3,(H,27,36)(H,28,38)(H,29,37)(H,30,35)(H,33,34)/t14-,15+,17-,18-,19+,21-/m0/s1. The third-order valence-corrected chi connectivity index (χ3v) is 5.62. The maximum absolute atomic E-state index is 13.2. The molecule has 1 aromatic rings. The van der Waals surface area contributed by atoms with E-state index in [1.165, 1.54) is 13.8 Å². The molecule has 0 bridgehead atoms. The zero-order valence-corrected chi connectivity index (χ0v) is 21.8. The number of amides is 4. The molecule has 8 N–H and O–H groups in total. The Morgan fingerprint density at radius 1 is 0.868 bits per heavy atom. The molecule has 0 saturated carbocycles. The Balaban J connectivity index is 3.00. The Hall–Kier alpha value is -3.84. The van der Waals surface area contributed by atoms with Crippen molar-refractivity contribution in [2.24, 2.45) is 11.7 Å². The van der Waals surface area contributed by atoms with Crippen molar-refractivity contribution in [3.8, 4) is 0 Å². The number of carbonyl (C=O) groups is 6. The van der Waals surface area contributed by atoms with Crippen LogP contribution in [0, 0.1) is 5.92 Å². The first-order valence-corrected chi connectivity index (χ1v) is 12.1. The lowest BCUT2D eigenvalue weighted by atomic mass is 10.00. The van der Waals surface area contributed by atoms with Gasteiger partial charge in [0, 0.05) is 6.42 Å². The summed E-state index contributed by atoms with van der Waals surface area (Å²) in [4.78, 5) is 72.9. The van der Waals surface area contributed by atoms with Gasteiger partial charge < -0.3 is 42.0 Å². The summed E-state index contributed by atoms with van der Waals surface area (Å²) >= 11 is 0. The van der Waals surface area contributed by atoms with Crippen molar-refractivity contribution in [3.05, 3.63) is 35.9 Å². The van der Waals surface area contributed by atoms with E-state index in [4.69, 9.17) is 10.8 Å². The minimum atomic E-state index is -1.36. The predicted octanol–water partition coefficient (Wildman–Crippen LogP) is -1.77. The average Bonchev–Trinajstić information content (AvgIpc) is 2.84. The van der Waals surface area contributed by atoms with Crippen LogP contribution < -0.4 is 27.0 Å². The van der Waals surface area contributed by atoms with Crippen LogP contribution in [0.25, 0.3) is 0 Å². The lowest BCUT2D eigenvalue weighted by Gasteiger charge is -2.27. The van der Waals surface area contributed by atoms with E-state index in [0.29, 0.717) is 11.8 Å². The van der Waals surface area contributed by atoms with Crippen LogP contribution >= 0.6 is 0 Å². The predicted molar refractivity (Wildman–Crippen MR) is 136 cm³/mol. The monoisotopic (exact) mass is 535 g/mol. The van der Waals surface area contributed by atoms with Gasteiger partial charge in [-0.1, -0.05) is 44.2 Å². The molecule has 13 nitrogen and oxygen atoms in total. The van der Waals surface area contributed by atoms with Crippen molar-refractivity contribution >= 4 is 35.9 Å². The Morgan fingerprint density at radius 2 is 1.47 bits per heavy atom. The molecule has 4 amide bonds. The highest BCUT2D eigenvalue weighted by molar-refractivity contribution is 5.95. The van der Waals surface area contributed by atoms with Crippen LogP contribution in [0.4, 0.5) is 0 Å². The van der Waals surface area contributed by atoms with E-state index in [9.17, 15) is 33.9 Å². The number of hydrogen-bond acceptors (Lipinski definition) is 8. The number of nitrogens with one attached hydrogen (secondary N) is 4. The van der Waals surface area contributed by atoms with Crippen molar-refractivity contribution in [1.29, 1.82) is 0 Å². The summed E-state index contributed by atoms with van der Waals surface area (Å²) in [7, 11) is 0. The SMILES string of the molecule is CC(C)[C@H](NC(=O)[C@H](C)NC(=O)[C@@H](N)CC(=O)O)C(=O)N[C@@H](Cc1ccccc1)C(=O)N[C@H](C=O)[C@@H](C)O. The summed E-state index contributed by atoms with van der Waals surface area (Å²) < 4.78 is 0. The number of carboxylic acids is 1. The van der Waals surface area contributed by atoms with Gasteiger partial charge in [-0.2, -0.15) is 0 Å². The Kier molecular flexibility index (Phi) is 13.1. The fraction of sp³-hybridized carbons (Fsp3) is 0.520. The number of nitrogens with two attached hydrogens (primary N) is 1. The summed E-state index contributed by atoms with van der Waals surface area (Å²) in [5.74, 6) is -4.68. The zero-order chi connectivity index (χ0) is 29.0. The van der Waals surface area contributed by atoms with E-state index < -0.39 is 78.2 Å². The van der Waals surface area contributed by atoms with Crippen LogP contribution in [-0.2, 0) is 35.2 Å². The van der Waals surface area contributed by atoms with E-state index in [0.717, 1.165) is 0 Å². The Morgan fingerprint density at radius 3 is 1.97 bits per heavy atom. The molecule has 0 saturated heterocycles. The van der Waals surface area contributed by atoms with Crippen molar-refractivity contribution in [2.45, 2.75) is 76.8 Å². The molecule has 0 aromatic heterocycles. The topological polar surface area (TPSA) is 217 Å². The molecule has 210 valence electrons. The summed E-state index contributed by atoms with van der Waals surface area (Å²) in [6.45, 7) is 6.01. The van der Waals surface area contributed by atoms with Crippen LogP contribution in [0.1, 0.15) is 39.7 Å². The van der Waals surface area contributed by atoms with Crippen LogP contribution in [0.15, 0.2) is 30.3 Å². The fourth-order valence-electron chi connectivity index (χ4n) is 3.33. The second-order valence-corrected chi connectivity index (χ2v) is 9.33. The summed E-state index contributed by atoms with van der Waals surface area (Å²) in [6, 6.07) is 2.85. The normalized spacial score (nSPS) is 15.7. The molecule has 38 heavy (non-hydrogen) atoms. The molecule has 0 fully saturated rings. The second-order valence-electron chi connectivity index (χ2n) is 9.33. The van der Waals surface area contributed by atoms with Crippen molar-refractivity contribution < 1.29 is 39.0 Å². The summed E-state index contributed by atoms with van der Waals surface area (Å²) in [6.07, 6.45) is -1.33. The molecule has 0 aliphatic carbocycles. The molecule has 6 atom stereocenters. The molecular formula is C25H37N5O8. The minimum Gasteiger partial charge on any atom is -0.481 e. The molecule has 0 aliphatic rings. The fourth-order valence-corrected chi connectivity index (χ4v) is 3.33. The van der Waals surface area contributed by atoms with E-state index in [1.54, 1.807) is 44.2 Å².